The Bertz CT molecular complexity index is 228. The minimum atomic E-state index is -0.0608. The van der Waals surface area contributed by atoms with Crippen LogP contribution in [0.5, 0.6) is 0 Å². The zero-order valence-corrected chi connectivity index (χ0v) is 9.74. The molecule has 1 saturated heterocycles. The molecule has 1 heterocycles. The maximum atomic E-state index is 11.9. The van der Waals surface area contributed by atoms with E-state index < -0.39 is 0 Å². The SMILES string of the molecule is CCCCN1CC(C=O)C(CCC)C1=O. The van der Waals surface area contributed by atoms with Gasteiger partial charge in [-0.2, -0.15) is 0 Å². The standard InChI is InChI=1S/C12H21NO2/c1-3-5-7-13-8-10(9-14)11(6-4-2)12(13)15/h9-11H,3-8H2,1-2H3. The van der Waals surface area contributed by atoms with Gasteiger partial charge >= 0.3 is 0 Å². The molecule has 2 unspecified atom stereocenters. The van der Waals surface area contributed by atoms with Crippen molar-refractivity contribution in [3.63, 3.8) is 0 Å². The van der Waals surface area contributed by atoms with E-state index in [2.05, 4.69) is 13.8 Å². The van der Waals surface area contributed by atoms with E-state index in [-0.39, 0.29) is 17.7 Å². The average molecular weight is 211 g/mol. The van der Waals surface area contributed by atoms with E-state index in [9.17, 15) is 9.59 Å². The van der Waals surface area contributed by atoms with Crippen LogP contribution in [0.25, 0.3) is 0 Å². The molecule has 0 saturated carbocycles. The highest BCUT2D eigenvalue weighted by Crippen LogP contribution is 2.27. The van der Waals surface area contributed by atoms with Crippen LogP contribution in [-0.4, -0.2) is 30.2 Å². The van der Waals surface area contributed by atoms with Crippen LogP contribution in [0.2, 0.25) is 0 Å². The van der Waals surface area contributed by atoms with Crippen LogP contribution in [0.3, 0.4) is 0 Å². The van der Waals surface area contributed by atoms with Gasteiger partial charge in [0.05, 0.1) is 0 Å². The number of hydrogen-bond donors (Lipinski definition) is 0. The summed E-state index contributed by atoms with van der Waals surface area (Å²) in [6, 6.07) is 0. The van der Waals surface area contributed by atoms with Gasteiger partial charge in [-0.1, -0.05) is 26.7 Å². The molecule has 0 spiro atoms. The van der Waals surface area contributed by atoms with Gasteiger partial charge in [0.1, 0.15) is 6.29 Å². The Hall–Kier alpha value is -0.860. The molecular weight excluding hydrogens is 190 g/mol. The largest absolute Gasteiger partial charge is 0.342 e. The highest BCUT2D eigenvalue weighted by Gasteiger charge is 2.38. The lowest BCUT2D eigenvalue weighted by molar-refractivity contribution is -0.132. The molecule has 1 rings (SSSR count). The van der Waals surface area contributed by atoms with Crippen molar-refractivity contribution in [2.45, 2.75) is 39.5 Å². The minimum Gasteiger partial charge on any atom is -0.342 e. The third kappa shape index (κ3) is 2.80. The minimum absolute atomic E-state index is 0.0376. The first-order valence-corrected chi connectivity index (χ1v) is 5.98. The normalized spacial score (nSPS) is 26.0. The monoisotopic (exact) mass is 211 g/mol. The number of carbonyl (C=O) groups excluding carboxylic acids is 2. The van der Waals surface area contributed by atoms with Gasteiger partial charge in [-0.05, 0) is 12.8 Å². The molecule has 86 valence electrons. The first-order chi connectivity index (χ1) is 7.24. The predicted molar refractivity (Wildman–Crippen MR) is 59.4 cm³/mol. The molecule has 0 bridgehead atoms. The second-order valence-electron chi connectivity index (χ2n) is 4.33. The first-order valence-electron chi connectivity index (χ1n) is 5.98. The number of aldehydes is 1. The van der Waals surface area contributed by atoms with E-state index in [4.69, 9.17) is 0 Å². The number of nitrogens with zero attached hydrogens (tertiary/aromatic N) is 1. The molecule has 1 aliphatic heterocycles. The third-order valence-corrected chi connectivity index (χ3v) is 3.13. The zero-order valence-electron chi connectivity index (χ0n) is 9.74. The zero-order chi connectivity index (χ0) is 11.3. The Morgan fingerprint density at radius 1 is 1.40 bits per heavy atom. The van der Waals surface area contributed by atoms with Crippen molar-refractivity contribution < 1.29 is 9.59 Å². The number of hydrogen-bond acceptors (Lipinski definition) is 2. The molecule has 3 heteroatoms. The van der Waals surface area contributed by atoms with E-state index >= 15 is 0 Å². The van der Waals surface area contributed by atoms with Gasteiger partial charge in [0.2, 0.25) is 5.91 Å². The Balaban J connectivity index is 2.57. The summed E-state index contributed by atoms with van der Waals surface area (Å²) >= 11 is 0. The van der Waals surface area contributed by atoms with Gasteiger partial charge in [-0.15, -0.1) is 0 Å². The Kier molecular flexibility index (Phi) is 4.79. The van der Waals surface area contributed by atoms with Crippen LogP contribution in [0, 0.1) is 11.8 Å². The lowest BCUT2D eigenvalue weighted by Gasteiger charge is -2.15. The Labute approximate surface area is 91.8 Å². The summed E-state index contributed by atoms with van der Waals surface area (Å²) < 4.78 is 0. The number of carbonyl (C=O) groups is 2. The second kappa shape index (κ2) is 5.89. The van der Waals surface area contributed by atoms with Gasteiger partial charge in [0.15, 0.2) is 0 Å². The summed E-state index contributed by atoms with van der Waals surface area (Å²) in [5, 5.41) is 0. The van der Waals surface area contributed by atoms with Gasteiger partial charge in [0.25, 0.3) is 0 Å². The predicted octanol–water partition coefficient (Wildman–Crippen LogP) is 1.86. The molecule has 0 radical (unpaired) electrons. The van der Waals surface area contributed by atoms with E-state index in [0.29, 0.717) is 6.54 Å². The third-order valence-electron chi connectivity index (χ3n) is 3.13. The molecule has 2 atom stereocenters. The molecule has 1 aliphatic rings. The van der Waals surface area contributed by atoms with Gasteiger partial charge in [-0.3, -0.25) is 4.79 Å². The molecule has 0 aromatic heterocycles. The fourth-order valence-corrected chi connectivity index (χ4v) is 2.23. The summed E-state index contributed by atoms with van der Waals surface area (Å²) in [4.78, 5) is 24.7. The van der Waals surface area contributed by atoms with E-state index in [1.165, 1.54) is 0 Å². The molecule has 0 aromatic rings. The summed E-state index contributed by atoms with van der Waals surface area (Å²) in [5.74, 6) is 0.0982. The van der Waals surface area contributed by atoms with Gasteiger partial charge in [0, 0.05) is 24.9 Å². The van der Waals surface area contributed by atoms with Gasteiger partial charge < -0.3 is 9.69 Å². The number of amides is 1. The van der Waals surface area contributed by atoms with Crippen LogP contribution in [-0.2, 0) is 9.59 Å². The lowest BCUT2D eigenvalue weighted by Crippen LogP contribution is -2.28. The topological polar surface area (TPSA) is 37.4 Å². The Morgan fingerprint density at radius 2 is 2.13 bits per heavy atom. The number of rotatable bonds is 6. The summed E-state index contributed by atoms with van der Waals surface area (Å²) in [7, 11) is 0. The van der Waals surface area contributed by atoms with Crippen molar-refractivity contribution >= 4 is 12.2 Å². The molecule has 1 fully saturated rings. The van der Waals surface area contributed by atoms with Gasteiger partial charge in [-0.25, -0.2) is 0 Å². The number of likely N-dealkylation sites (tertiary alicyclic amines) is 1. The summed E-state index contributed by atoms with van der Waals surface area (Å²) in [5.41, 5.74) is 0. The highest BCUT2D eigenvalue weighted by atomic mass is 16.2. The van der Waals surface area contributed by atoms with E-state index in [0.717, 1.165) is 38.5 Å². The maximum absolute atomic E-state index is 11.9. The van der Waals surface area contributed by atoms with Crippen LogP contribution >= 0.6 is 0 Å². The fraction of sp³-hybridized carbons (Fsp3) is 0.833. The summed E-state index contributed by atoms with van der Waals surface area (Å²) in [6.45, 7) is 5.64. The van der Waals surface area contributed by atoms with Crippen molar-refractivity contribution in [1.82, 2.24) is 4.90 Å². The van der Waals surface area contributed by atoms with Crippen molar-refractivity contribution in [3.8, 4) is 0 Å². The quantitative estimate of drug-likeness (QED) is 0.629. The molecule has 3 nitrogen and oxygen atoms in total. The molecular formula is C12H21NO2. The van der Waals surface area contributed by atoms with Crippen molar-refractivity contribution in [3.05, 3.63) is 0 Å². The second-order valence-corrected chi connectivity index (χ2v) is 4.33. The van der Waals surface area contributed by atoms with E-state index in [1.54, 1.807) is 0 Å². The molecule has 1 amide bonds. The average Bonchev–Trinajstić information content (AvgIpc) is 2.54. The van der Waals surface area contributed by atoms with Crippen LogP contribution in [0.15, 0.2) is 0 Å². The fourth-order valence-electron chi connectivity index (χ4n) is 2.23. The molecule has 0 aromatic carbocycles. The van der Waals surface area contributed by atoms with Crippen LogP contribution in [0.1, 0.15) is 39.5 Å². The maximum Gasteiger partial charge on any atom is 0.226 e. The molecule has 15 heavy (non-hydrogen) atoms. The smallest absolute Gasteiger partial charge is 0.226 e. The highest BCUT2D eigenvalue weighted by molar-refractivity contribution is 5.85. The van der Waals surface area contributed by atoms with Crippen LogP contribution in [0.4, 0.5) is 0 Å². The number of unbranched alkanes of at least 4 members (excludes halogenated alkanes) is 1. The summed E-state index contributed by atoms with van der Waals surface area (Å²) in [6.07, 6.45) is 4.92. The van der Waals surface area contributed by atoms with Crippen molar-refractivity contribution in [2.75, 3.05) is 13.1 Å². The molecule has 0 aliphatic carbocycles. The van der Waals surface area contributed by atoms with Crippen LogP contribution < -0.4 is 0 Å². The molecule has 0 N–H and O–H groups in total. The first kappa shape index (κ1) is 12.2. The van der Waals surface area contributed by atoms with E-state index in [1.807, 2.05) is 4.90 Å². The lowest BCUT2D eigenvalue weighted by atomic mass is 9.93. The van der Waals surface area contributed by atoms with Crippen molar-refractivity contribution in [1.29, 1.82) is 0 Å². The Morgan fingerprint density at radius 3 is 2.67 bits per heavy atom. The van der Waals surface area contributed by atoms with Crippen molar-refractivity contribution in [2.24, 2.45) is 11.8 Å².